The molecule has 3 aromatic heterocycles. The normalized spacial score (nSPS) is 11.1. The third-order valence-corrected chi connectivity index (χ3v) is 3.97. The summed E-state index contributed by atoms with van der Waals surface area (Å²) < 4.78 is 4.54. The van der Waals surface area contributed by atoms with Crippen molar-refractivity contribution in [3.05, 3.63) is 84.8 Å². The van der Waals surface area contributed by atoms with Crippen LogP contribution in [0.5, 0.6) is 0 Å². The fourth-order valence-corrected chi connectivity index (χ4v) is 3.02. The van der Waals surface area contributed by atoms with Crippen molar-refractivity contribution in [2.45, 2.75) is 6.92 Å². The minimum atomic E-state index is 1.21. The summed E-state index contributed by atoms with van der Waals surface area (Å²) in [7, 11) is 0. The molecule has 0 aliphatic rings. The summed E-state index contributed by atoms with van der Waals surface area (Å²) in [5, 5.41) is 0. The van der Waals surface area contributed by atoms with E-state index in [2.05, 4.69) is 94.8 Å². The summed E-state index contributed by atoms with van der Waals surface area (Å²) in [5.41, 5.74) is 6.13. The summed E-state index contributed by atoms with van der Waals surface area (Å²) in [6.45, 7) is 2.18. The van der Waals surface area contributed by atoms with Crippen LogP contribution >= 0.6 is 0 Å². The Morgan fingerprint density at radius 1 is 0.619 bits per heavy atom. The molecular weight excluding hydrogens is 256 g/mol. The lowest BCUT2D eigenvalue weighted by Gasteiger charge is -2.03. The summed E-state index contributed by atoms with van der Waals surface area (Å²) in [5.74, 6) is 0. The van der Waals surface area contributed by atoms with E-state index in [9.17, 15) is 0 Å². The Morgan fingerprint density at radius 2 is 1.19 bits per heavy atom. The number of fused-ring (bicyclic) bond motifs is 3. The van der Waals surface area contributed by atoms with Crippen molar-refractivity contribution < 1.29 is 8.80 Å². The highest BCUT2D eigenvalue weighted by Gasteiger charge is 2.26. The topological polar surface area (TPSA) is 8.20 Å². The maximum atomic E-state index is 2.28. The SMILES string of the molecule is Cc1c(-c2ccccc2)[n+]2ccccc2c2cccc[n+]12. The molecule has 0 spiro atoms. The molecule has 0 aliphatic heterocycles. The lowest BCUT2D eigenvalue weighted by atomic mass is 10.1. The van der Waals surface area contributed by atoms with E-state index in [-0.39, 0.29) is 0 Å². The highest BCUT2D eigenvalue weighted by Crippen LogP contribution is 2.19. The predicted octanol–water partition coefficient (Wildman–Crippen LogP) is 3.14. The van der Waals surface area contributed by atoms with Crippen LogP contribution in [0.1, 0.15) is 5.69 Å². The van der Waals surface area contributed by atoms with Crippen molar-refractivity contribution in [1.29, 1.82) is 0 Å². The molecule has 0 aliphatic carbocycles. The van der Waals surface area contributed by atoms with Crippen LogP contribution in [0.2, 0.25) is 0 Å². The number of benzene rings is 1. The molecule has 21 heavy (non-hydrogen) atoms. The number of rotatable bonds is 1. The average Bonchev–Trinajstić information content (AvgIpc) is 2.56. The molecule has 0 fully saturated rings. The fraction of sp³-hybridized carbons (Fsp3) is 0.0526. The Hall–Kier alpha value is -2.74. The maximum Gasteiger partial charge on any atom is 0.286 e. The van der Waals surface area contributed by atoms with Crippen molar-refractivity contribution in [2.75, 3.05) is 0 Å². The minimum Gasteiger partial charge on any atom is -0.153 e. The first-order chi connectivity index (χ1) is 10.4. The van der Waals surface area contributed by atoms with E-state index in [1.807, 2.05) is 0 Å². The molecule has 1 aromatic carbocycles. The molecule has 3 heterocycles. The Bertz CT molecular complexity index is 943. The van der Waals surface area contributed by atoms with Crippen LogP contribution in [0.15, 0.2) is 79.1 Å². The molecule has 4 aromatic rings. The van der Waals surface area contributed by atoms with E-state index in [0.29, 0.717) is 0 Å². The van der Waals surface area contributed by atoms with E-state index in [1.54, 1.807) is 0 Å². The second-order valence-corrected chi connectivity index (χ2v) is 5.21. The molecule has 0 saturated heterocycles. The monoisotopic (exact) mass is 272 g/mol. The van der Waals surface area contributed by atoms with E-state index in [4.69, 9.17) is 0 Å². The molecule has 0 saturated carbocycles. The molecule has 0 N–H and O–H groups in total. The Kier molecular flexibility index (Phi) is 2.68. The molecule has 0 amide bonds. The lowest BCUT2D eigenvalue weighted by Crippen LogP contribution is -2.37. The van der Waals surface area contributed by atoms with Crippen molar-refractivity contribution in [1.82, 2.24) is 0 Å². The largest absolute Gasteiger partial charge is 0.286 e. The molecular formula is C19H16N2+2. The van der Waals surface area contributed by atoms with E-state index in [1.165, 1.54) is 28.0 Å². The van der Waals surface area contributed by atoms with Gasteiger partial charge in [0.2, 0.25) is 0 Å². The number of hydrogen-bond acceptors (Lipinski definition) is 0. The van der Waals surface area contributed by atoms with Crippen molar-refractivity contribution in [3.8, 4) is 11.3 Å². The van der Waals surface area contributed by atoms with Crippen LogP contribution < -0.4 is 8.80 Å². The number of aryl methyl sites for hydroxylation is 1. The molecule has 2 nitrogen and oxygen atoms in total. The molecule has 2 heteroatoms. The van der Waals surface area contributed by atoms with Crippen LogP contribution in [0.25, 0.3) is 22.3 Å². The van der Waals surface area contributed by atoms with Gasteiger partial charge in [0.05, 0.1) is 5.56 Å². The fourth-order valence-electron chi connectivity index (χ4n) is 3.02. The van der Waals surface area contributed by atoms with Gasteiger partial charge in [-0.05, 0) is 24.3 Å². The molecule has 0 bridgehead atoms. The van der Waals surface area contributed by atoms with Gasteiger partial charge in [-0.25, -0.2) is 0 Å². The van der Waals surface area contributed by atoms with Crippen LogP contribution in [-0.2, 0) is 0 Å². The molecule has 4 rings (SSSR count). The number of nitrogens with zero attached hydrogens (tertiary/aromatic N) is 2. The van der Waals surface area contributed by atoms with Crippen LogP contribution in [-0.4, -0.2) is 0 Å². The summed E-state index contributed by atoms with van der Waals surface area (Å²) in [4.78, 5) is 0. The Balaban J connectivity index is 2.26. The minimum absolute atomic E-state index is 1.21. The average molecular weight is 272 g/mol. The van der Waals surface area contributed by atoms with Crippen LogP contribution in [0.4, 0.5) is 0 Å². The van der Waals surface area contributed by atoms with E-state index < -0.39 is 0 Å². The Morgan fingerprint density at radius 3 is 1.90 bits per heavy atom. The third kappa shape index (κ3) is 1.80. The van der Waals surface area contributed by atoms with Crippen LogP contribution in [0, 0.1) is 6.92 Å². The maximum absolute atomic E-state index is 2.28. The van der Waals surface area contributed by atoms with E-state index in [0.717, 1.165) is 0 Å². The molecule has 100 valence electrons. The van der Waals surface area contributed by atoms with E-state index >= 15 is 0 Å². The van der Waals surface area contributed by atoms with Gasteiger partial charge < -0.3 is 0 Å². The van der Waals surface area contributed by atoms with Gasteiger partial charge in [-0.1, -0.05) is 18.2 Å². The zero-order valence-electron chi connectivity index (χ0n) is 11.9. The van der Waals surface area contributed by atoms with Gasteiger partial charge in [0.15, 0.2) is 12.4 Å². The zero-order chi connectivity index (χ0) is 14.2. The van der Waals surface area contributed by atoms with Gasteiger partial charge in [-0.3, -0.25) is 0 Å². The third-order valence-electron chi connectivity index (χ3n) is 3.97. The first-order valence-corrected chi connectivity index (χ1v) is 7.15. The lowest BCUT2D eigenvalue weighted by molar-refractivity contribution is -0.562. The first kappa shape index (κ1) is 12.0. The van der Waals surface area contributed by atoms with Crippen molar-refractivity contribution >= 4 is 11.0 Å². The second-order valence-electron chi connectivity index (χ2n) is 5.21. The summed E-state index contributed by atoms with van der Waals surface area (Å²) in [6, 6.07) is 23.2. The van der Waals surface area contributed by atoms with Gasteiger partial charge in [0.1, 0.15) is 0 Å². The molecule has 0 atom stereocenters. The predicted molar refractivity (Wildman–Crippen MR) is 82.9 cm³/mol. The van der Waals surface area contributed by atoms with Crippen molar-refractivity contribution in [2.24, 2.45) is 0 Å². The smallest absolute Gasteiger partial charge is 0.153 e. The zero-order valence-corrected chi connectivity index (χ0v) is 11.9. The summed E-state index contributed by atoms with van der Waals surface area (Å²) >= 11 is 0. The second kappa shape index (κ2) is 4.67. The van der Waals surface area contributed by atoms with Crippen molar-refractivity contribution in [3.63, 3.8) is 0 Å². The van der Waals surface area contributed by atoms with Gasteiger partial charge >= 0.3 is 0 Å². The number of hydrogen-bond donors (Lipinski definition) is 0. The van der Waals surface area contributed by atoms with Gasteiger partial charge in [-0.15, -0.1) is 4.40 Å². The van der Waals surface area contributed by atoms with Gasteiger partial charge in [-0.2, -0.15) is 4.40 Å². The summed E-state index contributed by atoms with van der Waals surface area (Å²) in [6.07, 6.45) is 4.27. The quantitative estimate of drug-likeness (QED) is 0.372. The van der Waals surface area contributed by atoms with Gasteiger partial charge in [0.25, 0.3) is 22.4 Å². The van der Waals surface area contributed by atoms with Crippen LogP contribution in [0.3, 0.4) is 0 Å². The molecule has 0 unspecified atom stereocenters. The molecule has 0 radical (unpaired) electrons. The Labute approximate surface area is 123 Å². The van der Waals surface area contributed by atoms with Gasteiger partial charge in [0, 0.05) is 31.2 Å². The number of aromatic nitrogens is 2. The highest BCUT2D eigenvalue weighted by molar-refractivity contribution is 5.69. The highest BCUT2D eigenvalue weighted by atomic mass is 15.0. The first-order valence-electron chi connectivity index (χ1n) is 7.15. The number of pyridine rings is 2. The standard InChI is InChI=1S/C19H16N2/c1-15-19(16-9-3-2-4-10-16)21-14-8-6-12-18(21)17-11-5-7-13-20(15)17/h2-14H,1H3/q+2.